The molecule has 1 nitrogen and oxygen atoms in total. The van der Waals surface area contributed by atoms with Gasteiger partial charge < -0.3 is 4.74 Å². The summed E-state index contributed by atoms with van der Waals surface area (Å²) in [4.78, 5) is 0. The van der Waals surface area contributed by atoms with E-state index in [0.717, 1.165) is 19.3 Å². The lowest BCUT2D eigenvalue weighted by atomic mass is 9.89. The Hall–Kier alpha value is -0.250. The Bertz CT molecular complexity index is 182. The van der Waals surface area contributed by atoms with Gasteiger partial charge in [0.05, 0.1) is 19.1 Å². The molecule has 0 atom stereocenters. The molecule has 0 amide bonds. The lowest BCUT2D eigenvalue weighted by molar-refractivity contribution is -0.165. The summed E-state index contributed by atoms with van der Waals surface area (Å²) in [5, 5.41) is 0. The second-order valence-corrected chi connectivity index (χ2v) is 4.82. The molecule has 0 bridgehead atoms. The van der Waals surface area contributed by atoms with E-state index in [2.05, 4.69) is 0 Å². The van der Waals surface area contributed by atoms with Gasteiger partial charge in [0.15, 0.2) is 0 Å². The molecule has 0 heterocycles. The van der Waals surface area contributed by atoms with E-state index in [1.165, 1.54) is 0 Å². The lowest BCUT2D eigenvalue weighted by Gasteiger charge is -2.31. The highest BCUT2D eigenvalue weighted by Crippen LogP contribution is 2.34. The molecule has 1 aliphatic carbocycles. The van der Waals surface area contributed by atoms with E-state index >= 15 is 0 Å². The maximum atomic E-state index is 12.1. The molecule has 0 unspecified atom stereocenters. The molecule has 0 aliphatic heterocycles. The van der Waals surface area contributed by atoms with Gasteiger partial charge >= 0.3 is 6.18 Å². The summed E-state index contributed by atoms with van der Waals surface area (Å²) in [5.41, 5.74) is -0.798. The Morgan fingerprint density at radius 1 is 1.21 bits per heavy atom. The van der Waals surface area contributed by atoms with E-state index in [1.54, 1.807) is 13.8 Å². The zero-order chi connectivity index (χ0) is 10.8. The molecule has 0 aromatic carbocycles. The van der Waals surface area contributed by atoms with Crippen molar-refractivity contribution >= 4 is 0 Å². The van der Waals surface area contributed by atoms with Crippen LogP contribution in [0, 0.1) is 5.41 Å². The average molecular weight is 210 g/mol. The van der Waals surface area contributed by atoms with Gasteiger partial charge in [-0.1, -0.05) is 13.8 Å². The van der Waals surface area contributed by atoms with Gasteiger partial charge in [-0.3, -0.25) is 0 Å². The van der Waals surface area contributed by atoms with Crippen LogP contribution in [-0.2, 0) is 4.74 Å². The summed E-state index contributed by atoms with van der Waals surface area (Å²) in [5.74, 6) is 0. The van der Waals surface area contributed by atoms with Gasteiger partial charge in [0.1, 0.15) is 0 Å². The summed E-state index contributed by atoms with van der Waals surface area (Å²) in [7, 11) is 0. The summed E-state index contributed by atoms with van der Waals surface area (Å²) < 4.78 is 41.7. The van der Waals surface area contributed by atoms with Gasteiger partial charge in [0.2, 0.25) is 0 Å². The zero-order valence-electron chi connectivity index (χ0n) is 8.66. The quantitative estimate of drug-likeness (QED) is 0.689. The maximum Gasteiger partial charge on any atom is 0.389 e. The van der Waals surface area contributed by atoms with Crippen molar-refractivity contribution in [1.29, 1.82) is 0 Å². The third-order valence-corrected chi connectivity index (χ3v) is 2.44. The molecule has 14 heavy (non-hydrogen) atoms. The summed E-state index contributed by atoms with van der Waals surface area (Å²) >= 11 is 0. The minimum Gasteiger partial charge on any atom is -0.378 e. The van der Waals surface area contributed by atoms with E-state index < -0.39 is 18.0 Å². The number of halogens is 3. The molecule has 0 spiro atoms. The SMILES string of the molecule is CC(C)(COC1CCC1)CC(F)(F)F. The highest BCUT2D eigenvalue weighted by Gasteiger charge is 2.37. The van der Waals surface area contributed by atoms with Crippen LogP contribution in [0.5, 0.6) is 0 Å². The zero-order valence-corrected chi connectivity index (χ0v) is 8.66. The lowest BCUT2D eigenvalue weighted by Crippen LogP contribution is -2.31. The second kappa shape index (κ2) is 4.09. The number of ether oxygens (including phenoxy) is 1. The monoisotopic (exact) mass is 210 g/mol. The third-order valence-electron chi connectivity index (χ3n) is 2.44. The number of hydrogen-bond donors (Lipinski definition) is 0. The number of alkyl halides is 3. The molecular formula is C10H17F3O. The molecule has 0 aromatic heterocycles. The van der Waals surface area contributed by atoms with E-state index in [1.807, 2.05) is 0 Å². The van der Waals surface area contributed by atoms with Crippen LogP contribution in [0.2, 0.25) is 0 Å². The Balaban J connectivity index is 2.25. The second-order valence-electron chi connectivity index (χ2n) is 4.82. The summed E-state index contributed by atoms with van der Waals surface area (Å²) in [6.45, 7) is 3.40. The first-order chi connectivity index (χ1) is 6.29. The molecule has 0 saturated heterocycles. The van der Waals surface area contributed by atoms with Crippen molar-refractivity contribution in [3.05, 3.63) is 0 Å². The molecular weight excluding hydrogens is 193 g/mol. The predicted molar refractivity (Wildman–Crippen MR) is 48.0 cm³/mol. The largest absolute Gasteiger partial charge is 0.389 e. The van der Waals surface area contributed by atoms with Crippen LogP contribution in [0.1, 0.15) is 39.5 Å². The first kappa shape index (κ1) is 11.8. The van der Waals surface area contributed by atoms with Gasteiger partial charge in [0.25, 0.3) is 0 Å². The molecule has 1 rings (SSSR count). The van der Waals surface area contributed by atoms with Gasteiger partial charge in [-0.05, 0) is 24.7 Å². The van der Waals surface area contributed by atoms with Crippen molar-refractivity contribution in [3.8, 4) is 0 Å². The molecule has 0 radical (unpaired) electrons. The Labute approximate surface area is 82.6 Å². The number of hydrogen-bond acceptors (Lipinski definition) is 1. The van der Waals surface area contributed by atoms with Crippen molar-refractivity contribution in [1.82, 2.24) is 0 Å². The van der Waals surface area contributed by atoms with E-state index in [4.69, 9.17) is 4.74 Å². The van der Waals surface area contributed by atoms with Crippen LogP contribution in [0.4, 0.5) is 13.2 Å². The van der Waals surface area contributed by atoms with Crippen LogP contribution in [0.15, 0.2) is 0 Å². The highest BCUT2D eigenvalue weighted by molar-refractivity contribution is 4.75. The highest BCUT2D eigenvalue weighted by atomic mass is 19.4. The summed E-state index contributed by atoms with van der Waals surface area (Å²) in [6, 6.07) is 0. The van der Waals surface area contributed by atoms with Crippen molar-refractivity contribution in [2.45, 2.75) is 51.8 Å². The molecule has 1 saturated carbocycles. The van der Waals surface area contributed by atoms with Crippen molar-refractivity contribution in [2.24, 2.45) is 5.41 Å². The minimum absolute atomic E-state index is 0.206. The molecule has 1 fully saturated rings. The van der Waals surface area contributed by atoms with Crippen molar-refractivity contribution in [3.63, 3.8) is 0 Å². The van der Waals surface area contributed by atoms with Gasteiger partial charge in [-0.2, -0.15) is 13.2 Å². The predicted octanol–water partition coefficient (Wildman–Crippen LogP) is 3.53. The maximum absolute atomic E-state index is 12.1. The Kier molecular flexibility index (Phi) is 3.45. The molecule has 0 N–H and O–H groups in total. The fraction of sp³-hybridized carbons (Fsp3) is 1.00. The van der Waals surface area contributed by atoms with Crippen molar-refractivity contribution < 1.29 is 17.9 Å². The van der Waals surface area contributed by atoms with Crippen LogP contribution >= 0.6 is 0 Å². The smallest absolute Gasteiger partial charge is 0.378 e. The van der Waals surface area contributed by atoms with Crippen LogP contribution in [0.25, 0.3) is 0 Å². The van der Waals surface area contributed by atoms with Gasteiger partial charge in [0, 0.05) is 0 Å². The Morgan fingerprint density at radius 2 is 1.79 bits per heavy atom. The fourth-order valence-electron chi connectivity index (χ4n) is 1.47. The molecule has 4 heteroatoms. The normalized spacial score (nSPS) is 19.5. The first-order valence-electron chi connectivity index (χ1n) is 4.97. The van der Waals surface area contributed by atoms with Gasteiger partial charge in [-0.15, -0.1) is 0 Å². The number of rotatable bonds is 4. The fourth-order valence-corrected chi connectivity index (χ4v) is 1.47. The first-order valence-corrected chi connectivity index (χ1v) is 4.97. The van der Waals surface area contributed by atoms with E-state index in [9.17, 15) is 13.2 Å². The van der Waals surface area contributed by atoms with Crippen LogP contribution in [-0.4, -0.2) is 18.9 Å². The Morgan fingerprint density at radius 3 is 2.14 bits per heavy atom. The van der Waals surface area contributed by atoms with Crippen LogP contribution in [0.3, 0.4) is 0 Å². The van der Waals surface area contributed by atoms with E-state index in [-0.39, 0.29) is 12.7 Å². The summed E-state index contributed by atoms with van der Waals surface area (Å²) in [6.07, 6.45) is -1.50. The minimum atomic E-state index is -4.09. The topological polar surface area (TPSA) is 9.23 Å². The molecule has 1 aliphatic rings. The molecule has 84 valence electrons. The average Bonchev–Trinajstić information content (AvgIpc) is 1.75. The van der Waals surface area contributed by atoms with Crippen LogP contribution < -0.4 is 0 Å². The van der Waals surface area contributed by atoms with Gasteiger partial charge in [-0.25, -0.2) is 0 Å². The van der Waals surface area contributed by atoms with E-state index in [0.29, 0.717) is 0 Å². The third kappa shape index (κ3) is 4.31. The standard InChI is InChI=1S/C10H17F3O/c1-9(2,6-10(11,12)13)7-14-8-4-3-5-8/h8H,3-7H2,1-2H3. The van der Waals surface area contributed by atoms with Crippen molar-refractivity contribution in [2.75, 3.05) is 6.61 Å². The molecule has 0 aromatic rings.